The molecule has 0 saturated carbocycles. The van der Waals surface area contributed by atoms with E-state index in [-0.39, 0.29) is 28.3 Å². The topological polar surface area (TPSA) is 128 Å². The number of nitrogens with one attached hydrogen (secondary N) is 2. The first-order chi connectivity index (χ1) is 15.1. The number of benzene rings is 2. The van der Waals surface area contributed by atoms with Crippen molar-refractivity contribution >= 4 is 46.7 Å². The molecule has 0 aliphatic carbocycles. The molecule has 2 N–H and O–H groups in total. The number of para-hydroxylation sites is 1. The molecule has 9 nitrogen and oxygen atoms in total. The van der Waals surface area contributed by atoms with Gasteiger partial charge in [0.25, 0.3) is 11.6 Å². The van der Waals surface area contributed by atoms with Crippen molar-refractivity contribution in [3.63, 3.8) is 0 Å². The van der Waals surface area contributed by atoms with Crippen molar-refractivity contribution in [2.24, 2.45) is 0 Å². The lowest BCUT2D eigenvalue weighted by Gasteiger charge is -2.19. The Kier molecular flexibility index (Phi) is 8.98. The molecule has 0 aliphatic heterocycles. The number of nitrogens with zero attached hydrogens (tertiary/aromatic N) is 1. The van der Waals surface area contributed by atoms with Gasteiger partial charge in [-0.1, -0.05) is 41.4 Å². The monoisotopic (exact) mass is 481 g/mol. The van der Waals surface area contributed by atoms with Gasteiger partial charge in [-0.3, -0.25) is 24.5 Å². The second-order valence-corrected chi connectivity index (χ2v) is 7.83. The number of rotatable bonds is 9. The lowest BCUT2D eigenvalue weighted by molar-refractivity contribution is -0.385. The maximum atomic E-state index is 12.5. The van der Waals surface area contributed by atoms with Gasteiger partial charge in [0, 0.05) is 11.1 Å². The molecule has 2 rings (SSSR count). The zero-order chi connectivity index (χ0) is 23.8. The van der Waals surface area contributed by atoms with Crippen molar-refractivity contribution in [2.75, 3.05) is 6.54 Å². The first-order valence-corrected chi connectivity index (χ1v) is 10.3. The van der Waals surface area contributed by atoms with Crippen LogP contribution < -0.4 is 10.6 Å². The summed E-state index contributed by atoms with van der Waals surface area (Å²) in [6, 6.07) is 8.99. The fraction of sp³-hybridized carbons (Fsp3) is 0.286. The number of amides is 2. The van der Waals surface area contributed by atoms with Crippen LogP contribution >= 0.6 is 23.2 Å². The molecular weight excluding hydrogens is 461 g/mol. The summed E-state index contributed by atoms with van der Waals surface area (Å²) >= 11 is 11.8. The third kappa shape index (κ3) is 7.21. The molecular formula is C21H21Cl2N3O6. The number of carbonyl (C=O) groups is 3. The van der Waals surface area contributed by atoms with Crippen LogP contribution in [0.15, 0.2) is 42.5 Å². The van der Waals surface area contributed by atoms with E-state index in [2.05, 4.69) is 10.6 Å². The van der Waals surface area contributed by atoms with E-state index in [1.807, 2.05) is 0 Å². The van der Waals surface area contributed by atoms with Crippen LogP contribution in [0.4, 0.5) is 5.69 Å². The minimum absolute atomic E-state index is 0.115. The summed E-state index contributed by atoms with van der Waals surface area (Å²) in [6.07, 6.45) is -0.723. The van der Waals surface area contributed by atoms with Crippen LogP contribution in [0, 0.1) is 10.1 Å². The second kappa shape index (κ2) is 11.4. The summed E-state index contributed by atoms with van der Waals surface area (Å²) in [4.78, 5) is 47.8. The van der Waals surface area contributed by atoms with Crippen molar-refractivity contribution in [1.29, 1.82) is 0 Å². The molecule has 0 bridgehead atoms. The zero-order valence-corrected chi connectivity index (χ0v) is 18.8. The highest BCUT2D eigenvalue weighted by Gasteiger charge is 2.26. The second-order valence-electron chi connectivity index (χ2n) is 6.99. The molecule has 0 aliphatic rings. The Bertz CT molecular complexity index is 1030. The number of hydrogen-bond donors (Lipinski definition) is 2. The maximum Gasteiger partial charge on any atom is 0.308 e. The van der Waals surface area contributed by atoms with Crippen LogP contribution in [0.2, 0.25) is 10.0 Å². The Balaban J connectivity index is 2.14. The number of ether oxygens (including phenoxy) is 1. The summed E-state index contributed by atoms with van der Waals surface area (Å²) in [5, 5.41) is 16.8. The van der Waals surface area contributed by atoms with Gasteiger partial charge < -0.3 is 15.4 Å². The van der Waals surface area contributed by atoms with Crippen LogP contribution in [-0.2, 0) is 14.3 Å². The number of esters is 1. The van der Waals surface area contributed by atoms with Gasteiger partial charge in [0.15, 0.2) is 0 Å². The summed E-state index contributed by atoms with van der Waals surface area (Å²) in [6.45, 7) is 2.87. The number of nitro groups is 1. The minimum atomic E-state index is -1.04. The average Bonchev–Trinajstić information content (AvgIpc) is 2.71. The van der Waals surface area contributed by atoms with Gasteiger partial charge >= 0.3 is 5.97 Å². The van der Waals surface area contributed by atoms with E-state index < -0.39 is 41.4 Å². The van der Waals surface area contributed by atoms with Crippen molar-refractivity contribution < 1.29 is 24.0 Å². The van der Waals surface area contributed by atoms with Gasteiger partial charge in [0.1, 0.15) is 0 Å². The molecule has 0 spiro atoms. The first kappa shape index (κ1) is 25.1. The van der Waals surface area contributed by atoms with Crippen LogP contribution in [0.25, 0.3) is 0 Å². The van der Waals surface area contributed by atoms with E-state index in [4.69, 9.17) is 27.9 Å². The lowest BCUT2D eigenvalue weighted by Crippen LogP contribution is -2.39. The highest BCUT2D eigenvalue weighted by Crippen LogP contribution is 2.27. The summed E-state index contributed by atoms with van der Waals surface area (Å²) in [5.41, 5.74) is 0.00498. The lowest BCUT2D eigenvalue weighted by atomic mass is 10.0. The Morgan fingerprint density at radius 1 is 1.12 bits per heavy atom. The van der Waals surface area contributed by atoms with Gasteiger partial charge in [-0.05, 0) is 32.0 Å². The third-order valence-corrected chi connectivity index (χ3v) is 4.72. The highest BCUT2D eigenvalue weighted by atomic mass is 35.5. The first-order valence-electron chi connectivity index (χ1n) is 9.54. The van der Waals surface area contributed by atoms with Crippen molar-refractivity contribution in [2.45, 2.75) is 32.4 Å². The summed E-state index contributed by atoms with van der Waals surface area (Å²) in [7, 11) is 0. The van der Waals surface area contributed by atoms with Crippen LogP contribution in [0.5, 0.6) is 0 Å². The highest BCUT2D eigenvalue weighted by molar-refractivity contribution is 6.36. The third-order valence-electron chi connectivity index (χ3n) is 4.17. The standard InChI is InChI=1S/C21H21Cl2N3O6/c1-12(2)32-20(28)10-17(15-5-3-4-6-18(15)26(30)31)25-19(27)11-24-21(29)14-8-7-13(22)9-16(14)23/h3-9,12,17H,10-11H2,1-2H3,(H,24,29)(H,25,27). The number of carbonyl (C=O) groups excluding carboxylic acids is 3. The fourth-order valence-electron chi connectivity index (χ4n) is 2.84. The molecule has 170 valence electrons. The zero-order valence-electron chi connectivity index (χ0n) is 17.3. The van der Waals surface area contributed by atoms with Gasteiger partial charge in [0.2, 0.25) is 5.91 Å². The molecule has 0 radical (unpaired) electrons. The summed E-state index contributed by atoms with van der Waals surface area (Å²) < 4.78 is 5.11. The van der Waals surface area contributed by atoms with Crippen molar-refractivity contribution in [1.82, 2.24) is 10.6 Å². The number of nitro benzene ring substituents is 1. The van der Waals surface area contributed by atoms with Crippen molar-refractivity contribution in [3.8, 4) is 0 Å². The molecule has 2 amide bonds. The van der Waals surface area contributed by atoms with E-state index in [0.29, 0.717) is 5.02 Å². The van der Waals surface area contributed by atoms with E-state index >= 15 is 0 Å². The largest absolute Gasteiger partial charge is 0.463 e. The normalized spacial score (nSPS) is 11.5. The van der Waals surface area contributed by atoms with Crippen LogP contribution in [0.3, 0.4) is 0 Å². The van der Waals surface area contributed by atoms with Gasteiger partial charge in [-0.2, -0.15) is 0 Å². The fourth-order valence-corrected chi connectivity index (χ4v) is 3.33. The quantitative estimate of drug-likeness (QED) is 0.318. The van der Waals surface area contributed by atoms with Gasteiger partial charge in [-0.25, -0.2) is 0 Å². The predicted molar refractivity (Wildman–Crippen MR) is 119 cm³/mol. The SMILES string of the molecule is CC(C)OC(=O)CC(NC(=O)CNC(=O)c1ccc(Cl)cc1Cl)c1ccccc1[N+](=O)[O-]. The molecule has 0 fully saturated rings. The molecule has 1 atom stereocenters. The Labute approximate surface area is 194 Å². The average molecular weight is 482 g/mol. The molecule has 1 unspecified atom stereocenters. The Morgan fingerprint density at radius 3 is 2.44 bits per heavy atom. The molecule has 0 saturated heterocycles. The maximum absolute atomic E-state index is 12.5. The molecule has 2 aromatic rings. The Morgan fingerprint density at radius 2 is 1.81 bits per heavy atom. The summed E-state index contributed by atoms with van der Waals surface area (Å²) in [5.74, 6) is -1.91. The minimum Gasteiger partial charge on any atom is -0.463 e. The number of halogens is 2. The Hall–Kier alpha value is -3.17. The van der Waals surface area contributed by atoms with Crippen LogP contribution in [-0.4, -0.2) is 35.4 Å². The van der Waals surface area contributed by atoms with Crippen molar-refractivity contribution in [3.05, 3.63) is 73.8 Å². The molecule has 0 aromatic heterocycles. The number of hydrogen-bond acceptors (Lipinski definition) is 6. The van der Waals surface area contributed by atoms with E-state index in [9.17, 15) is 24.5 Å². The van der Waals surface area contributed by atoms with Crippen LogP contribution in [0.1, 0.15) is 42.2 Å². The smallest absolute Gasteiger partial charge is 0.308 e. The van der Waals surface area contributed by atoms with E-state index in [0.717, 1.165) is 0 Å². The van der Waals surface area contributed by atoms with E-state index in [1.54, 1.807) is 19.9 Å². The van der Waals surface area contributed by atoms with E-state index in [1.165, 1.54) is 36.4 Å². The molecule has 32 heavy (non-hydrogen) atoms. The molecule has 2 aromatic carbocycles. The molecule has 0 heterocycles. The van der Waals surface area contributed by atoms with Gasteiger partial charge in [0.05, 0.1) is 46.2 Å². The predicted octanol–water partition coefficient (Wildman–Crippen LogP) is 3.83. The van der Waals surface area contributed by atoms with Gasteiger partial charge in [-0.15, -0.1) is 0 Å². The molecule has 11 heteroatoms.